The van der Waals surface area contributed by atoms with Gasteiger partial charge in [0.1, 0.15) is 0 Å². The molecule has 2 N–H and O–H groups in total. The Bertz CT molecular complexity index is 297. The molecule has 0 saturated heterocycles. The van der Waals surface area contributed by atoms with Crippen LogP contribution in [0, 0.1) is 17.8 Å². The lowest BCUT2D eigenvalue weighted by molar-refractivity contribution is 0.180. The third-order valence-electron chi connectivity index (χ3n) is 4.08. The summed E-state index contributed by atoms with van der Waals surface area (Å²) >= 11 is 1.79. The van der Waals surface area contributed by atoms with Crippen LogP contribution in [0.3, 0.4) is 0 Å². The van der Waals surface area contributed by atoms with Crippen molar-refractivity contribution in [2.75, 3.05) is 6.54 Å². The van der Waals surface area contributed by atoms with Gasteiger partial charge in [0.25, 0.3) is 0 Å². The average molecular weight is 238 g/mol. The van der Waals surface area contributed by atoms with Crippen LogP contribution in [0.5, 0.6) is 0 Å². The molecule has 3 heteroatoms. The number of rotatable bonds is 4. The van der Waals surface area contributed by atoms with Crippen LogP contribution in [0.25, 0.3) is 0 Å². The molecule has 1 saturated carbocycles. The first-order valence-electron chi connectivity index (χ1n) is 6.40. The van der Waals surface area contributed by atoms with E-state index in [9.17, 15) is 0 Å². The van der Waals surface area contributed by atoms with Gasteiger partial charge in [-0.25, -0.2) is 0 Å². The fraction of sp³-hybridized carbons (Fsp3) is 0.769. The molecule has 0 radical (unpaired) electrons. The van der Waals surface area contributed by atoms with Crippen molar-refractivity contribution in [3.8, 4) is 0 Å². The highest BCUT2D eigenvalue weighted by atomic mass is 32.1. The summed E-state index contributed by atoms with van der Waals surface area (Å²) in [6.07, 6.45) is 8.64. The second kappa shape index (κ2) is 5.78. The van der Waals surface area contributed by atoms with E-state index in [-0.39, 0.29) is 0 Å². The van der Waals surface area contributed by atoms with Crippen LogP contribution in [0.4, 0.5) is 0 Å². The largest absolute Gasteiger partial charge is 0.330 e. The van der Waals surface area contributed by atoms with E-state index in [4.69, 9.17) is 5.73 Å². The lowest BCUT2D eigenvalue weighted by Crippen LogP contribution is -2.31. The third-order valence-corrected chi connectivity index (χ3v) is 4.88. The van der Waals surface area contributed by atoms with Gasteiger partial charge < -0.3 is 5.73 Å². The number of aromatic nitrogens is 1. The van der Waals surface area contributed by atoms with Gasteiger partial charge in [-0.15, -0.1) is 11.3 Å². The molecule has 1 heterocycles. The van der Waals surface area contributed by atoms with Gasteiger partial charge in [-0.1, -0.05) is 19.8 Å². The molecule has 1 aromatic rings. The van der Waals surface area contributed by atoms with Crippen LogP contribution < -0.4 is 5.73 Å². The maximum absolute atomic E-state index is 5.90. The molecule has 1 aliphatic rings. The Kier molecular flexibility index (Phi) is 4.36. The Morgan fingerprint density at radius 3 is 2.94 bits per heavy atom. The quantitative estimate of drug-likeness (QED) is 0.875. The summed E-state index contributed by atoms with van der Waals surface area (Å²) in [6, 6.07) is 0. The van der Waals surface area contributed by atoms with E-state index in [1.807, 2.05) is 11.7 Å². The van der Waals surface area contributed by atoms with E-state index in [1.165, 1.54) is 37.0 Å². The van der Waals surface area contributed by atoms with Crippen molar-refractivity contribution in [3.63, 3.8) is 0 Å². The zero-order valence-corrected chi connectivity index (χ0v) is 10.9. The highest BCUT2D eigenvalue weighted by molar-refractivity contribution is 7.09. The molecule has 2 rings (SSSR count). The molecule has 3 unspecified atom stereocenters. The molecule has 0 aromatic carbocycles. The van der Waals surface area contributed by atoms with Crippen molar-refractivity contribution in [2.45, 2.75) is 39.0 Å². The molecule has 3 atom stereocenters. The molecule has 0 bridgehead atoms. The predicted octanol–water partition coefficient (Wildman–Crippen LogP) is 3.09. The van der Waals surface area contributed by atoms with Gasteiger partial charge in [-0.05, 0) is 43.6 Å². The lowest BCUT2D eigenvalue weighted by Gasteiger charge is -2.35. The highest BCUT2D eigenvalue weighted by Gasteiger charge is 2.29. The van der Waals surface area contributed by atoms with E-state index in [0.717, 1.165) is 24.3 Å². The Balaban J connectivity index is 1.97. The molecule has 0 amide bonds. The van der Waals surface area contributed by atoms with Crippen LogP contribution >= 0.6 is 11.3 Å². The fourth-order valence-corrected chi connectivity index (χ4v) is 3.65. The normalized spacial score (nSPS) is 30.5. The van der Waals surface area contributed by atoms with Crippen molar-refractivity contribution < 1.29 is 0 Å². The second-order valence-corrected chi connectivity index (χ2v) is 5.99. The SMILES string of the molecule is CCC1CCC(CN)C(Cc2cncs2)C1. The summed E-state index contributed by atoms with van der Waals surface area (Å²) in [4.78, 5) is 5.60. The van der Waals surface area contributed by atoms with Crippen molar-refractivity contribution in [2.24, 2.45) is 23.5 Å². The van der Waals surface area contributed by atoms with Gasteiger partial charge in [0.15, 0.2) is 0 Å². The lowest BCUT2D eigenvalue weighted by atomic mass is 9.72. The minimum Gasteiger partial charge on any atom is -0.330 e. The van der Waals surface area contributed by atoms with Crippen molar-refractivity contribution in [1.29, 1.82) is 0 Å². The van der Waals surface area contributed by atoms with Crippen molar-refractivity contribution >= 4 is 11.3 Å². The zero-order chi connectivity index (χ0) is 11.4. The first kappa shape index (κ1) is 12.1. The van der Waals surface area contributed by atoms with Gasteiger partial charge in [0, 0.05) is 11.1 Å². The average Bonchev–Trinajstić information content (AvgIpc) is 2.82. The second-order valence-electron chi connectivity index (χ2n) is 5.02. The van der Waals surface area contributed by atoms with E-state index in [0.29, 0.717) is 0 Å². The Morgan fingerprint density at radius 1 is 1.44 bits per heavy atom. The van der Waals surface area contributed by atoms with Gasteiger partial charge in [-0.2, -0.15) is 0 Å². The first-order chi connectivity index (χ1) is 7.83. The Morgan fingerprint density at radius 2 is 2.31 bits per heavy atom. The van der Waals surface area contributed by atoms with E-state index >= 15 is 0 Å². The minimum absolute atomic E-state index is 0.741. The summed E-state index contributed by atoms with van der Waals surface area (Å²) in [5.41, 5.74) is 7.83. The number of nitrogens with zero attached hydrogens (tertiary/aromatic N) is 1. The van der Waals surface area contributed by atoms with Crippen LogP contribution in [0.2, 0.25) is 0 Å². The van der Waals surface area contributed by atoms with Crippen molar-refractivity contribution in [3.05, 3.63) is 16.6 Å². The van der Waals surface area contributed by atoms with E-state index < -0.39 is 0 Å². The molecule has 0 aliphatic heterocycles. The standard InChI is InChI=1S/C13H22N2S/c1-2-10-3-4-11(7-14)12(5-10)6-13-8-15-9-16-13/h8-12H,2-7,14H2,1H3. The van der Waals surface area contributed by atoms with E-state index in [1.54, 1.807) is 11.3 Å². The zero-order valence-electron chi connectivity index (χ0n) is 10.1. The Hall–Kier alpha value is -0.410. The van der Waals surface area contributed by atoms with Gasteiger partial charge in [0.05, 0.1) is 5.51 Å². The topological polar surface area (TPSA) is 38.9 Å². The molecule has 0 spiro atoms. The summed E-state index contributed by atoms with van der Waals surface area (Å²) in [5, 5.41) is 0. The smallest absolute Gasteiger partial charge is 0.0794 e. The summed E-state index contributed by atoms with van der Waals surface area (Å²) in [7, 11) is 0. The number of thiazole rings is 1. The molecular weight excluding hydrogens is 216 g/mol. The Labute approximate surface area is 102 Å². The molecule has 1 fully saturated rings. The maximum atomic E-state index is 5.90. The summed E-state index contributed by atoms with van der Waals surface area (Å²) in [5.74, 6) is 2.47. The highest BCUT2D eigenvalue weighted by Crippen LogP contribution is 2.37. The predicted molar refractivity (Wildman–Crippen MR) is 69.5 cm³/mol. The van der Waals surface area contributed by atoms with Crippen LogP contribution in [0.15, 0.2) is 11.7 Å². The molecule has 2 nitrogen and oxygen atoms in total. The van der Waals surface area contributed by atoms with Gasteiger partial charge in [0.2, 0.25) is 0 Å². The fourth-order valence-electron chi connectivity index (χ4n) is 2.96. The first-order valence-corrected chi connectivity index (χ1v) is 7.28. The monoisotopic (exact) mass is 238 g/mol. The van der Waals surface area contributed by atoms with Crippen LogP contribution in [0.1, 0.15) is 37.5 Å². The molecular formula is C13H22N2S. The van der Waals surface area contributed by atoms with Crippen LogP contribution in [-0.2, 0) is 6.42 Å². The summed E-state index contributed by atoms with van der Waals surface area (Å²) < 4.78 is 0. The molecule has 16 heavy (non-hydrogen) atoms. The minimum atomic E-state index is 0.741. The maximum Gasteiger partial charge on any atom is 0.0794 e. The molecule has 1 aliphatic carbocycles. The van der Waals surface area contributed by atoms with Crippen molar-refractivity contribution in [1.82, 2.24) is 4.98 Å². The van der Waals surface area contributed by atoms with Gasteiger partial charge >= 0.3 is 0 Å². The molecule has 1 aromatic heterocycles. The number of nitrogens with two attached hydrogens (primary N) is 1. The van der Waals surface area contributed by atoms with Gasteiger partial charge in [-0.3, -0.25) is 4.98 Å². The molecule has 90 valence electrons. The summed E-state index contributed by atoms with van der Waals surface area (Å²) in [6.45, 7) is 3.18. The third kappa shape index (κ3) is 2.83. The number of hydrogen-bond donors (Lipinski definition) is 1. The van der Waals surface area contributed by atoms with Crippen LogP contribution in [-0.4, -0.2) is 11.5 Å². The number of hydrogen-bond acceptors (Lipinski definition) is 3. The van der Waals surface area contributed by atoms with E-state index in [2.05, 4.69) is 11.9 Å².